The van der Waals surface area contributed by atoms with Gasteiger partial charge in [-0.2, -0.15) is 0 Å². The van der Waals surface area contributed by atoms with Gasteiger partial charge in [-0.1, -0.05) is 37.6 Å². The van der Waals surface area contributed by atoms with Crippen LogP contribution in [0.1, 0.15) is 32.6 Å². The van der Waals surface area contributed by atoms with E-state index in [2.05, 4.69) is 34.0 Å². The van der Waals surface area contributed by atoms with E-state index in [9.17, 15) is 4.79 Å². The molecule has 6 nitrogen and oxygen atoms in total. The summed E-state index contributed by atoms with van der Waals surface area (Å²) < 4.78 is 1.98. The van der Waals surface area contributed by atoms with Gasteiger partial charge in [0.25, 0.3) is 0 Å². The van der Waals surface area contributed by atoms with Crippen LogP contribution in [0.15, 0.2) is 42.3 Å². The summed E-state index contributed by atoms with van der Waals surface area (Å²) in [5, 5.41) is 12.5. The van der Waals surface area contributed by atoms with Crippen molar-refractivity contribution in [3.8, 4) is 11.4 Å². The number of carbonyl (C=O) groups excluding carboxylic acids is 1. The number of pyridine rings is 1. The summed E-state index contributed by atoms with van der Waals surface area (Å²) in [7, 11) is 0. The lowest BCUT2D eigenvalue weighted by Crippen LogP contribution is -2.41. The Kier molecular flexibility index (Phi) is 6.44. The van der Waals surface area contributed by atoms with Gasteiger partial charge in [-0.15, -0.1) is 16.8 Å². The number of nitrogens with one attached hydrogen (secondary N) is 1. The van der Waals surface area contributed by atoms with Crippen molar-refractivity contribution in [3.05, 3.63) is 37.2 Å². The van der Waals surface area contributed by atoms with Crippen LogP contribution in [0.2, 0.25) is 0 Å². The molecule has 2 aromatic rings. The van der Waals surface area contributed by atoms with Crippen LogP contribution in [0.3, 0.4) is 0 Å². The van der Waals surface area contributed by atoms with E-state index in [-0.39, 0.29) is 5.91 Å². The molecule has 1 amide bonds. The molecule has 0 aromatic carbocycles. The van der Waals surface area contributed by atoms with Crippen molar-refractivity contribution in [3.63, 3.8) is 0 Å². The maximum Gasteiger partial charge on any atom is 0.230 e. The fourth-order valence-corrected chi connectivity index (χ4v) is 4.07. The van der Waals surface area contributed by atoms with E-state index in [0.29, 0.717) is 24.3 Å². The van der Waals surface area contributed by atoms with E-state index >= 15 is 0 Å². The number of nitrogens with zero attached hydrogens (tertiary/aromatic N) is 4. The number of rotatable bonds is 7. The summed E-state index contributed by atoms with van der Waals surface area (Å²) in [4.78, 5) is 16.4. The van der Waals surface area contributed by atoms with Gasteiger partial charge in [-0.05, 0) is 30.9 Å². The fraction of sp³-hybridized carbons (Fsp3) is 0.474. The first-order chi connectivity index (χ1) is 12.7. The highest BCUT2D eigenvalue weighted by Crippen LogP contribution is 2.25. The molecule has 1 aliphatic rings. The smallest absolute Gasteiger partial charge is 0.230 e. The Bertz CT molecular complexity index is 746. The first kappa shape index (κ1) is 18.6. The lowest BCUT2D eigenvalue weighted by atomic mass is 9.86. The maximum atomic E-state index is 12.4. The zero-order chi connectivity index (χ0) is 18.4. The molecule has 26 heavy (non-hydrogen) atoms. The number of hydrogen-bond donors (Lipinski definition) is 1. The quantitative estimate of drug-likeness (QED) is 0.597. The average Bonchev–Trinajstić information content (AvgIpc) is 3.06. The number of carbonyl (C=O) groups is 1. The lowest BCUT2D eigenvalue weighted by molar-refractivity contribution is -0.119. The highest BCUT2D eigenvalue weighted by Gasteiger charge is 2.23. The van der Waals surface area contributed by atoms with Gasteiger partial charge in [0.2, 0.25) is 5.91 Å². The van der Waals surface area contributed by atoms with Gasteiger partial charge in [0.15, 0.2) is 11.0 Å². The van der Waals surface area contributed by atoms with Crippen LogP contribution in [-0.2, 0) is 11.3 Å². The van der Waals surface area contributed by atoms with Crippen molar-refractivity contribution < 1.29 is 4.79 Å². The highest BCUT2D eigenvalue weighted by atomic mass is 32.2. The summed E-state index contributed by atoms with van der Waals surface area (Å²) in [5.74, 6) is 1.72. The van der Waals surface area contributed by atoms with Gasteiger partial charge in [0, 0.05) is 30.5 Å². The Morgan fingerprint density at radius 2 is 2.12 bits per heavy atom. The largest absolute Gasteiger partial charge is 0.352 e. The van der Waals surface area contributed by atoms with Gasteiger partial charge in [0.05, 0.1) is 5.75 Å². The first-order valence-corrected chi connectivity index (χ1v) is 10.0. The van der Waals surface area contributed by atoms with Crippen LogP contribution in [-0.4, -0.2) is 37.5 Å². The van der Waals surface area contributed by atoms with Crippen LogP contribution >= 0.6 is 11.8 Å². The molecule has 0 aliphatic heterocycles. The molecular formula is C19H25N5OS. The minimum atomic E-state index is 0.0624. The van der Waals surface area contributed by atoms with Crippen molar-refractivity contribution in [1.82, 2.24) is 25.1 Å². The van der Waals surface area contributed by atoms with Gasteiger partial charge in [-0.25, -0.2) is 0 Å². The Labute approximate surface area is 158 Å². The predicted octanol–water partition coefficient (Wildman–Crippen LogP) is 3.31. The molecule has 3 rings (SSSR count). The van der Waals surface area contributed by atoms with Crippen molar-refractivity contribution in [2.75, 3.05) is 5.75 Å². The first-order valence-electron chi connectivity index (χ1n) is 9.05. The molecule has 0 saturated heterocycles. The predicted molar refractivity (Wildman–Crippen MR) is 104 cm³/mol. The second kappa shape index (κ2) is 8.98. The van der Waals surface area contributed by atoms with E-state index in [0.717, 1.165) is 23.0 Å². The zero-order valence-electron chi connectivity index (χ0n) is 15.1. The molecule has 138 valence electrons. The Balaban J connectivity index is 1.65. The monoisotopic (exact) mass is 371 g/mol. The van der Waals surface area contributed by atoms with Crippen LogP contribution < -0.4 is 5.32 Å². The minimum Gasteiger partial charge on any atom is -0.352 e. The summed E-state index contributed by atoms with van der Waals surface area (Å²) in [6.07, 6.45) is 10.0. The normalized spacial score (nSPS) is 19.9. The fourth-order valence-electron chi connectivity index (χ4n) is 3.31. The maximum absolute atomic E-state index is 12.4. The highest BCUT2D eigenvalue weighted by molar-refractivity contribution is 7.99. The van der Waals surface area contributed by atoms with Gasteiger partial charge >= 0.3 is 0 Å². The third-order valence-corrected chi connectivity index (χ3v) is 5.72. The van der Waals surface area contributed by atoms with E-state index in [4.69, 9.17) is 0 Å². The second-order valence-electron chi connectivity index (χ2n) is 6.67. The molecular weight excluding hydrogens is 346 g/mol. The van der Waals surface area contributed by atoms with E-state index in [1.807, 2.05) is 22.8 Å². The molecule has 2 atom stereocenters. The van der Waals surface area contributed by atoms with E-state index in [1.165, 1.54) is 31.0 Å². The standard InChI is InChI=1S/C19H25N5OS/c1-3-12-24-18(15-8-10-20-11-9-15)22-23-19(24)26-13-17(25)21-16-7-5-4-6-14(16)2/h3,8-11,14,16H,1,4-7,12-13H2,2H3,(H,21,25)/t14-,16-/m1/s1. The van der Waals surface area contributed by atoms with Gasteiger partial charge in [-0.3, -0.25) is 14.3 Å². The third kappa shape index (κ3) is 4.52. The Hall–Kier alpha value is -2.15. The molecule has 1 saturated carbocycles. The lowest BCUT2D eigenvalue weighted by Gasteiger charge is -2.29. The van der Waals surface area contributed by atoms with Crippen molar-refractivity contribution >= 4 is 17.7 Å². The van der Waals surface area contributed by atoms with Crippen molar-refractivity contribution in [1.29, 1.82) is 0 Å². The number of aromatic nitrogens is 4. The second-order valence-corrected chi connectivity index (χ2v) is 7.61. The molecule has 0 unspecified atom stereocenters. The minimum absolute atomic E-state index is 0.0624. The van der Waals surface area contributed by atoms with Crippen molar-refractivity contribution in [2.45, 2.75) is 50.4 Å². The number of thioether (sulfide) groups is 1. The summed E-state index contributed by atoms with van der Waals surface area (Å²) in [6, 6.07) is 4.10. The molecule has 0 spiro atoms. The summed E-state index contributed by atoms with van der Waals surface area (Å²) in [6.45, 7) is 6.63. The average molecular weight is 372 g/mol. The molecule has 1 fully saturated rings. The summed E-state index contributed by atoms with van der Waals surface area (Å²) >= 11 is 1.41. The van der Waals surface area contributed by atoms with Gasteiger partial charge < -0.3 is 5.32 Å². The molecule has 1 N–H and O–H groups in total. The molecule has 7 heteroatoms. The molecule has 2 aromatic heterocycles. The number of amides is 1. The molecule has 0 bridgehead atoms. The molecule has 0 radical (unpaired) electrons. The molecule has 1 aliphatic carbocycles. The van der Waals surface area contributed by atoms with Crippen LogP contribution in [0.4, 0.5) is 0 Å². The topological polar surface area (TPSA) is 72.7 Å². The van der Waals surface area contributed by atoms with Crippen molar-refractivity contribution in [2.24, 2.45) is 5.92 Å². The third-order valence-electron chi connectivity index (χ3n) is 4.76. The zero-order valence-corrected chi connectivity index (χ0v) is 15.9. The van der Waals surface area contributed by atoms with Crippen LogP contribution in [0, 0.1) is 5.92 Å². The van der Waals surface area contributed by atoms with E-state index < -0.39 is 0 Å². The molecule has 2 heterocycles. The van der Waals surface area contributed by atoms with Gasteiger partial charge in [0.1, 0.15) is 0 Å². The Morgan fingerprint density at radius 3 is 2.85 bits per heavy atom. The SMILES string of the molecule is C=CCn1c(SCC(=O)N[C@@H]2CCCC[C@H]2C)nnc1-c1ccncc1. The van der Waals surface area contributed by atoms with Crippen LogP contribution in [0.25, 0.3) is 11.4 Å². The number of allylic oxidation sites excluding steroid dienone is 1. The van der Waals surface area contributed by atoms with Crippen LogP contribution in [0.5, 0.6) is 0 Å². The number of hydrogen-bond acceptors (Lipinski definition) is 5. The summed E-state index contributed by atoms with van der Waals surface area (Å²) in [5.41, 5.74) is 0.946. The van der Waals surface area contributed by atoms with E-state index in [1.54, 1.807) is 12.4 Å². The Morgan fingerprint density at radius 1 is 1.35 bits per heavy atom.